The first-order valence-electron chi connectivity index (χ1n) is 6.41. The largest absolute Gasteiger partial charge is 0.480 e. The molecule has 0 aromatic rings. The molecule has 1 saturated heterocycles. The summed E-state index contributed by atoms with van der Waals surface area (Å²) in [6, 6.07) is -1.61. The van der Waals surface area contributed by atoms with Gasteiger partial charge in [0.15, 0.2) is 0 Å². The molecule has 114 valence electrons. The maximum atomic E-state index is 12.2. The SMILES string of the molecule is CC1(C)COCCN1C(=O)N[C@@H](CCC(N)=O)C(=O)O. The van der Waals surface area contributed by atoms with Crippen molar-refractivity contribution in [1.82, 2.24) is 10.2 Å². The van der Waals surface area contributed by atoms with Crippen molar-refractivity contribution < 1.29 is 24.2 Å². The van der Waals surface area contributed by atoms with Gasteiger partial charge in [-0.05, 0) is 20.3 Å². The normalized spacial score (nSPS) is 19.2. The van der Waals surface area contributed by atoms with E-state index in [2.05, 4.69) is 5.32 Å². The molecule has 1 atom stereocenters. The molecule has 1 heterocycles. The second-order valence-corrected chi connectivity index (χ2v) is 5.36. The minimum Gasteiger partial charge on any atom is -0.480 e. The third-order valence-corrected chi connectivity index (χ3v) is 3.17. The van der Waals surface area contributed by atoms with Gasteiger partial charge < -0.3 is 25.8 Å². The fourth-order valence-electron chi connectivity index (χ4n) is 2.01. The number of rotatable bonds is 5. The van der Waals surface area contributed by atoms with Gasteiger partial charge in [-0.2, -0.15) is 0 Å². The van der Waals surface area contributed by atoms with E-state index >= 15 is 0 Å². The third kappa shape index (κ3) is 4.37. The Bertz CT molecular complexity index is 397. The topological polar surface area (TPSA) is 122 Å². The standard InChI is InChI=1S/C12H21N3O5/c1-12(2)7-20-6-5-15(12)11(19)14-8(10(17)18)3-4-9(13)16/h8H,3-7H2,1-2H3,(H2,13,16)(H,14,19)(H,17,18)/t8-/m0/s1. The molecule has 0 spiro atoms. The summed E-state index contributed by atoms with van der Waals surface area (Å²) in [4.78, 5) is 35.5. The van der Waals surface area contributed by atoms with Crippen LogP contribution in [-0.2, 0) is 14.3 Å². The van der Waals surface area contributed by atoms with Crippen LogP contribution in [0.3, 0.4) is 0 Å². The smallest absolute Gasteiger partial charge is 0.326 e. The van der Waals surface area contributed by atoms with Gasteiger partial charge in [-0.25, -0.2) is 9.59 Å². The first kappa shape index (κ1) is 16.2. The lowest BCUT2D eigenvalue weighted by Gasteiger charge is -2.42. The van der Waals surface area contributed by atoms with Gasteiger partial charge in [0.05, 0.1) is 18.8 Å². The number of primary amides is 1. The number of carbonyl (C=O) groups is 3. The second kappa shape index (κ2) is 6.56. The van der Waals surface area contributed by atoms with Crippen LogP contribution >= 0.6 is 0 Å². The summed E-state index contributed by atoms with van der Waals surface area (Å²) >= 11 is 0. The molecule has 0 unspecified atom stereocenters. The van der Waals surface area contributed by atoms with Crippen molar-refractivity contribution in [3.8, 4) is 0 Å². The maximum absolute atomic E-state index is 12.2. The Morgan fingerprint density at radius 1 is 1.45 bits per heavy atom. The monoisotopic (exact) mass is 287 g/mol. The minimum atomic E-state index is -1.19. The summed E-state index contributed by atoms with van der Waals surface area (Å²) in [6.07, 6.45) is -0.120. The molecule has 1 aliphatic rings. The number of ether oxygens (including phenoxy) is 1. The predicted octanol–water partition coefficient (Wildman–Crippen LogP) is -0.474. The lowest BCUT2D eigenvalue weighted by Crippen LogP contribution is -2.60. The van der Waals surface area contributed by atoms with Crippen LogP contribution in [0.4, 0.5) is 4.79 Å². The Hall–Kier alpha value is -1.83. The van der Waals surface area contributed by atoms with Gasteiger partial charge in [0.25, 0.3) is 0 Å². The van der Waals surface area contributed by atoms with E-state index in [-0.39, 0.29) is 12.8 Å². The summed E-state index contributed by atoms with van der Waals surface area (Å²) in [6.45, 7) is 4.87. The second-order valence-electron chi connectivity index (χ2n) is 5.36. The zero-order chi connectivity index (χ0) is 15.3. The van der Waals surface area contributed by atoms with Gasteiger partial charge >= 0.3 is 12.0 Å². The number of hydrogen-bond donors (Lipinski definition) is 3. The number of nitrogens with two attached hydrogens (primary N) is 1. The zero-order valence-corrected chi connectivity index (χ0v) is 11.7. The van der Waals surface area contributed by atoms with Crippen molar-refractivity contribution in [2.45, 2.75) is 38.3 Å². The number of hydrogen-bond acceptors (Lipinski definition) is 4. The van der Waals surface area contributed by atoms with Gasteiger partial charge in [0.1, 0.15) is 6.04 Å². The van der Waals surface area contributed by atoms with Crippen LogP contribution in [0.15, 0.2) is 0 Å². The number of carboxylic acid groups (broad SMARTS) is 1. The molecular weight excluding hydrogens is 266 g/mol. The lowest BCUT2D eigenvalue weighted by atomic mass is 10.0. The Morgan fingerprint density at radius 3 is 2.60 bits per heavy atom. The highest BCUT2D eigenvalue weighted by atomic mass is 16.5. The quantitative estimate of drug-likeness (QED) is 0.630. The third-order valence-electron chi connectivity index (χ3n) is 3.17. The van der Waals surface area contributed by atoms with Gasteiger partial charge in [-0.15, -0.1) is 0 Å². The molecule has 8 heteroatoms. The van der Waals surface area contributed by atoms with E-state index in [4.69, 9.17) is 15.6 Å². The van der Waals surface area contributed by atoms with E-state index in [1.165, 1.54) is 4.90 Å². The molecule has 3 amide bonds. The Morgan fingerprint density at radius 2 is 2.10 bits per heavy atom. The van der Waals surface area contributed by atoms with E-state index in [0.717, 1.165) is 0 Å². The van der Waals surface area contributed by atoms with Crippen LogP contribution in [0, 0.1) is 0 Å². The first-order valence-corrected chi connectivity index (χ1v) is 6.41. The molecule has 0 bridgehead atoms. The Labute approximate surface area is 117 Å². The number of carbonyl (C=O) groups excluding carboxylic acids is 2. The number of nitrogens with one attached hydrogen (secondary N) is 1. The van der Waals surface area contributed by atoms with Crippen molar-refractivity contribution in [3.63, 3.8) is 0 Å². The summed E-state index contributed by atoms with van der Waals surface area (Å²) in [7, 11) is 0. The average molecular weight is 287 g/mol. The molecule has 0 saturated carbocycles. The van der Waals surface area contributed by atoms with Crippen molar-refractivity contribution in [2.75, 3.05) is 19.8 Å². The van der Waals surface area contributed by atoms with E-state index in [1.807, 2.05) is 13.8 Å². The van der Waals surface area contributed by atoms with Crippen LogP contribution in [-0.4, -0.2) is 59.3 Å². The molecule has 0 aromatic carbocycles. The molecule has 1 aliphatic heterocycles. The predicted molar refractivity (Wildman–Crippen MR) is 70.0 cm³/mol. The molecule has 1 rings (SSSR count). The fourth-order valence-corrected chi connectivity index (χ4v) is 2.01. The molecule has 1 fully saturated rings. The summed E-state index contributed by atoms with van der Waals surface area (Å²) in [5, 5.41) is 11.5. The van der Waals surface area contributed by atoms with Crippen molar-refractivity contribution in [1.29, 1.82) is 0 Å². The highest BCUT2D eigenvalue weighted by Crippen LogP contribution is 2.19. The first-order chi connectivity index (χ1) is 9.24. The van der Waals surface area contributed by atoms with Crippen LogP contribution < -0.4 is 11.1 Å². The van der Waals surface area contributed by atoms with Crippen LogP contribution in [0.5, 0.6) is 0 Å². The maximum Gasteiger partial charge on any atom is 0.326 e. The van der Waals surface area contributed by atoms with Gasteiger partial charge in [-0.1, -0.05) is 0 Å². The van der Waals surface area contributed by atoms with Gasteiger partial charge in [0.2, 0.25) is 5.91 Å². The van der Waals surface area contributed by atoms with E-state index < -0.39 is 29.5 Å². The van der Waals surface area contributed by atoms with E-state index in [1.54, 1.807) is 0 Å². The van der Waals surface area contributed by atoms with Crippen molar-refractivity contribution in [3.05, 3.63) is 0 Å². The van der Waals surface area contributed by atoms with Crippen LogP contribution in [0.25, 0.3) is 0 Å². The van der Waals surface area contributed by atoms with Gasteiger partial charge in [-0.3, -0.25) is 4.79 Å². The lowest BCUT2D eigenvalue weighted by molar-refractivity contribution is -0.139. The summed E-state index contributed by atoms with van der Waals surface area (Å²) in [5.74, 6) is -1.79. The van der Waals surface area contributed by atoms with Crippen molar-refractivity contribution >= 4 is 17.9 Å². The number of carboxylic acids is 1. The molecule has 20 heavy (non-hydrogen) atoms. The number of urea groups is 1. The zero-order valence-electron chi connectivity index (χ0n) is 11.7. The van der Waals surface area contributed by atoms with Crippen LogP contribution in [0.1, 0.15) is 26.7 Å². The van der Waals surface area contributed by atoms with Gasteiger partial charge in [0, 0.05) is 13.0 Å². The molecule has 0 aromatic heterocycles. The summed E-state index contributed by atoms with van der Waals surface area (Å²) in [5.41, 5.74) is 4.48. The number of amides is 3. The molecule has 0 radical (unpaired) electrons. The van der Waals surface area contributed by atoms with Crippen molar-refractivity contribution in [2.24, 2.45) is 5.73 Å². The van der Waals surface area contributed by atoms with E-state index in [0.29, 0.717) is 19.8 Å². The molecule has 0 aliphatic carbocycles. The number of nitrogens with zero attached hydrogens (tertiary/aromatic N) is 1. The highest BCUT2D eigenvalue weighted by Gasteiger charge is 2.35. The number of aliphatic carboxylic acids is 1. The molecule has 4 N–H and O–H groups in total. The Balaban J connectivity index is 2.65. The number of morpholine rings is 1. The highest BCUT2D eigenvalue weighted by molar-refractivity contribution is 5.83. The molecular formula is C12H21N3O5. The summed E-state index contributed by atoms with van der Waals surface area (Å²) < 4.78 is 5.30. The minimum absolute atomic E-state index is 0.0266. The van der Waals surface area contributed by atoms with Crippen LogP contribution in [0.2, 0.25) is 0 Å². The fraction of sp³-hybridized carbons (Fsp3) is 0.750. The average Bonchev–Trinajstić information content (AvgIpc) is 2.32. The van der Waals surface area contributed by atoms with E-state index in [9.17, 15) is 14.4 Å². The Kier molecular flexibility index (Phi) is 5.32. The molecule has 8 nitrogen and oxygen atoms in total.